The van der Waals surface area contributed by atoms with E-state index in [0.29, 0.717) is 21.7 Å². The molecule has 2 aromatic heterocycles. The number of alkyl carbamates (subject to hydrolysis) is 1. The maximum absolute atomic E-state index is 15.5. The first-order valence-corrected chi connectivity index (χ1v) is 20.2. The first-order chi connectivity index (χ1) is 30.7. The quantitative estimate of drug-likeness (QED) is 0.0797. The van der Waals surface area contributed by atoms with E-state index in [0.717, 1.165) is 39.1 Å². The van der Waals surface area contributed by atoms with Crippen LogP contribution in [0.2, 0.25) is 5.02 Å². The third-order valence-corrected chi connectivity index (χ3v) is 11.1. The van der Waals surface area contributed by atoms with Gasteiger partial charge in [0, 0.05) is 11.1 Å². The van der Waals surface area contributed by atoms with Crippen molar-refractivity contribution in [3.8, 4) is 22.6 Å². The fourth-order valence-electron chi connectivity index (χ4n) is 7.07. The summed E-state index contributed by atoms with van der Waals surface area (Å²) in [5.74, 6) is -3.80. The summed E-state index contributed by atoms with van der Waals surface area (Å²) in [4.78, 5) is 52.6. The van der Waals surface area contributed by atoms with E-state index in [1.807, 2.05) is 0 Å². The Bertz CT molecular complexity index is 2560. The van der Waals surface area contributed by atoms with Crippen LogP contribution >= 0.6 is 11.6 Å². The molecule has 1 fully saturated rings. The van der Waals surface area contributed by atoms with Gasteiger partial charge in [-0.3, -0.25) is 19.8 Å². The minimum atomic E-state index is -4.95. The summed E-state index contributed by atoms with van der Waals surface area (Å²) in [7, 11) is 0. The van der Waals surface area contributed by atoms with Crippen LogP contribution in [0.5, 0.6) is 0 Å². The van der Waals surface area contributed by atoms with Gasteiger partial charge in [0.05, 0.1) is 41.6 Å². The van der Waals surface area contributed by atoms with E-state index in [1.54, 1.807) is 35.1 Å². The predicted molar refractivity (Wildman–Crippen MR) is 215 cm³/mol. The molecule has 3 heterocycles. The van der Waals surface area contributed by atoms with Gasteiger partial charge in [0.15, 0.2) is 11.4 Å². The van der Waals surface area contributed by atoms with Crippen molar-refractivity contribution in [3.05, 3.63) is 107 Å². The highest BCUT2D eigenvalue weighted by molar-refractivity contribution is 6.33. The molecule has 0 radical (unpaired) electrons. The monoisotopic (exact) mass is 935 g/mol. The van der Waals surface area contributed by atoms with Crippen molar-refractivity contribution in [3.63, 3.8) is 0 Å². The highest BCUT2D eigenvalue weighted by Gasteiger charge is 2.60. The molecule has 2 atom stereocenters. The molecule has 344 valence electrons. The summed E-state index contributed by atoms with van der Waals surface area (Å²) in [5.41, 5.74) is -4.22. The lowest BCUT2D eigenvalue weighted by atomic mass is 9.74. The molecule has 2 amide bonds. The lowest BCUT2D eigenvalue weighted by Gasteiger charge is -2.37. The number of rotatable bonds is 15. The number of alkyl halides is 8. The zero-order valence-corrected chi connectivity index (χ0v) is 35.0. The fraction of sp³-hybridized carbons (Fsp3) is 0.381. The molecular formula is C42H38ClF8N9O5. The van der Waals surface area contributed by atoms with Crippen LogP contribution in [0.15, 0.2) is 90.3 Å². The first kappa shape index (κ1) is 46.5. The predicted octanol–water partition coefficient (Wildman–Crippen LogP) is 9.51. The number of carbonyl (C=O) groups excluding carboxylic acids is 3. The average Bonchev–Trinajstić information content (AvgIpc) is 3.64. The molecule has 65 heavy (non-hydrogen) atoms. The van der Waals surface area contributed by atoms with E-state index in [-0.39, 0.29) is 39.0 Å². The van der Waals surface area contributed by atoms with Gasteiger partial charge in [-0.15, -0.1) is 0 Å². The van der Waals surface area contributed by atoms with Gasteiger partial charge in [-0.25, -0.2) is 14.8 Å². The first-order valence-electron chi connectivity index (χ1n) is 19.9. The fourth-order valence-corrected chi connectivity index (χ4v) is 7.27. The number of aliphatic imine (C=N–C) groups is 1. The van der Waals surface area contributed by atoms with E-state index in [1.165, 1.54) is 42.6 Å². The van der Waals surface area contributed by atoms with E-state index in [9.17, 15) is 44.7 Å². The molecule has 3 aromatic carbocycles. The van der Waals surface area contributed by atoms with Crippen LogP contribution in [0.1, 0.15) is 81.3 Å². The lowest BCUT2D eigenvalue weighted by Crippen LogP contribution is -2.50. The van der Waals surface area contributed by atoms with Crippen molar-refractivity contribution in [1.29, 1.82) is 0 Å². The Labute approximate surface area is 369 Å². The number of esters is 1. The maximum Gasteiger partial charge on any atom is 0.414 e. The number of halogens is 9. The number of hydrogen-bond donors (Lipinski definition) is 1. The summed E-state index contributed by atoms with van der Waals surface area (Å²) in [6, 6.07) is 16.0. The molecular weight excluding hydrogens is 898 g/mol. The van der Waals surface area contributed by atoms with Gasteiger partial charge in [-0.1, -0.05) is 86.1 Å². The van der Waals surface area contributed by atoms with Crippen LogP contribution in [0.3, 0.4) is 0 Å². The van der Waals surface area contributed by atoms with Crippen molar-refractivity contribution in [2.45, 2.75) is 89.1 Å². The summed E-state index contributed by atoms with van der Waals surface area (Å²) in [6.45, 7) is -2.86. The average molecular weight is 936 g/mol. The number of hydrogen-bond acceptors (Lipinski definition) is 10. The third kappa shape index (κ3) is 10.4. The summed E-state index contributed by atoms with van der Waals surface area (Å²) < 4.78 is 123. The molecule has 0 spiro atoms. The van der Waals surface area contributed by atoms with E-state index in [2.05, 4.69) is 30.6 Å². The molecule has 1 N–H and O–H groups in total. The molecule has 1 aliphatic carbocycles. The largest absolute Gasteiger partial charge is 0.463 e. The van der Waals surface area contributed by atoms with Gasteiger partial charge in [-0.2, -0.15) is 59.9 Å². The van der Waals surface area contributed by atoms with Gasteiger partial charge >= 0.3 is 31.0 Å². The molecule has 0 saturated heterocycles. The number of benzene rings is 3. The Kier molecular flexibility index (Phi) is 13.0. The highest BCUT2D eigenvalue weighted by atomic mass is 35.5. The van der Waals surface area contributed by atoms with Crippen molar-refractivity contribution in [1.82, 2.24) is 40.0 Å². The smallest absolute Gasteiger partial charge is 0.414 e. The molecule has 5 aromatic rings. The number of amides is 2. The van der Waals surface area contributed by atoms with Crippen molar-refractivity contribution in [2.24, 2.45) is 10.4 Å². The van der Waals surface area contributed by atoms with Crippen LogP contribution in [0, 0.1) is 5.41 Å². The third-order valence-electron chi connectivity index (χ3n) is 10.7. The minimum Gasteiger partial charge on any atom is -0.463 e. The number of aromatic nitrogens is 6. The molecule has 2 aliphatic rings. The topological polar surface area (TPSA) is 159 Å². The molecule has 0 bridgehead atoms. The van der Waals surface area contributed by atoms with Crippen LogP contribution in [0.4, 0.5) is 39.9 Å². The molecule has 23 heteroatoms. The van der Waals surface area contributed by atoms with E-state index < -0.39 is 91.5 Å². The minimum absolute atomic E-state index is 0.0969. The second-order valence-corrected chi connectivity index (χ2v) is 16.3. The van der Waals surface area contributed by atoms with E-state index >= 15 is 4.79 Å². The summed E-state index contributed by atoms with van der Waals surface area (Å²) in [6.07, 6.45) is -10.7. The van der Waals surface area contributed by atoms with Crippen LogP contribution in [0.25, 0.3) is 22.6 Å². The SMILES string of the molecule is CC(C)(C[C@]1(c2ccc(-c3cnn(C4CC4)n3)cc2)N=C(NC(=O)OCc2ccccc2)N([C@H](COC(=O)CCC(F)(F)F)c2ccc(Cl)c(-c3ncnn3C(F)F)c2)C1=O)C(F)(F)F. The zero-order chi connectivity index (χ0) is 46.9. The Morgan fingerprint density at radius 1 is 0.954 bits per heavy atom. The van der Waals surface area contributed by atoms with Gasteiger partial charge in [0.1, 0.15) is 25.2 Å². The van der Waals surface area contributed by atoms with Crippen molar-refractivity contribution >= 4 is 35.5 Å². The second-order valence-electron chi connectivity index (χ2n) is 15.9. The summed E-state index contributed by atoms with van der Waals surface area (Å²) >= 11 is 6.46. The molecule has 1 aliphatic heterocycles. The van der Waals surface area contributed by atoms with Crippen molar-refractivity contribution in [2.75, 3.05) is 6.61 Å². The van der Waals surface area contributed by atoms with Crippen LogP contribution in [-0.2, 0) is 31.2 Å². The van der Waals surface area contributed by atoms with Crippen molar-refractivity contribution < 1.29 is 59.0 Å². The maximum atomic E-state index is 15.5. The number of nitrogens with zero attached hydrogens (tertiary/aromatic N) is 8. The number of guanidine groups is 1. The number of carbonyl (C=O) groups is 3. The zero-order valence-electron chi connectivity index (χ0n) is 34.3. The highest BCUT2D eigenvalue weighted by Crippen LogP contribution is 2.51. The second kappa shape index (κ2) is 18.2. The van der Waals surface area contributed by atoms with Crippen LogP contribution in [-0.4, -0.2) is 77.5 Å². The molecule has 0 unspecified atom stereocenters. The standard InChI is InChI=1S/C42H38ClF8N9O5/c1-39(2,42(49,50)51)22-40(27-11-8-25(9-12-27)31-19-53-60(57-31)28-13-14-28)35(62)58(37(56-40)55-38(63)65-20-24-6-4-3-5-7-24)32(21-64-33(61)16-17-41(46,47)48)26-10-15-30(43)29(18-26)34-52-23-54-59(34)36(44)45/h3-12,15,18-19,23,28,32,36H,13-14,16-17,20-22H2,1-2H3,(H,55,56,63)/t32-,40-/m1/s1. The molecule has 14 nitrogen and oxygen atoms in total. The van der Waals surface area contributed by atoms with Gasteiger partial charge in [-0.05, 0) is 48.1 Å². The van der Waals surface area contributed by atoms with Gasteiger partial charge in [0.2, 0.25) is 5.96 Å². The van der Waals surface area contributed by atoms with Crippen LogP contribution < -0.4 is 5.32 Å². The Balaban J connectivity index is 1.37. The Morgan fingerprint density at radius 3 is 2.31 bits per heavy atom. The Morgan fingerprint density at radius 2 is 1.66 bits per heavy atom. The normalized spacial score (nSPS) is 17.3. The molecule has 1 saturated carbocycles. The Hall–Kier alpha value is -6.45. The summed E-state index contributed by atoms with van der Waals surface area (Å²) in [5, 5.41) is 14.5. The molecule has 7 rings (SSSR count). The van der Waals surface area contributed by atoms with Gasteiger partial charge in [0.25, 0.3) is 5.91 Å². The lowest BCUT2D eigenvalue weighted by molar-refractivity contribution is -0.218. The van der Waals surface area contributed by atoms with E-state index in [4.69, 9.17) is 21.1 Å². The number of ether oxygens (including phenoxy) is 2. The van der Waals surface area contributed by atoms with Gasteiger partial charge < -0.3 is 9.47 Å². The number of nitrogens with one attached hydrogen (secondary N) is 1.